The maximum absolute atomic E-state index is 11.1. The summed E-state index contributed by atoms with van der Waals surface area (Å²) in [5.74, 6) is 5.47. The Balaban J connectivity index is 3.05. The molecule has 0 aliphatic rings. The number of anilines is 1. The molecule has 0 saturated heterocycles. The minimum Gasteiger partial charge on any atom is -0.452 e. The van der Waals surface area contributed by atoms with Gasteiger partial charge in [-0.3, -0.25) is 0 Å². The third-order valence-corrected chi connectivity index (χ3v) is 2.35. The van der Waals surface area contributed by atoms with Crippen LogP contribution in [0.25, 0.3) is 0 Å². The molecule has 0 heterocycles. The Labute approximate surface area is 94.7 Å². The highest BCUT2D eigenvalue weighted by Gasteiger charge is 2.14. The summed E-state index contributed by atoms with van der Waals surface area (Å²) in [4.78, 5) is 11.1. The van der Waals surface area contributed by atoms with Crippen molar-refractivity contribution in [2.24, 2.45) is 5.84 Å². The first-order valence-corrected chi connectivity index (χ1v) is 4.81. The average Bonchev–Trinajstić information content (AvgIpc) is 2.19. The molecule has 1 rings (SSSR count). The summed E-state index contributed by atoms with van der Waals surface area (Å²) in [5, 5.41) is 1.22. The molecule has 0 atom stereocenters. The van der Waals surface area contributed by atoms with Gasteiger partial charge in [0.25, 0.3) is 0 Å². The lowest BCUT2D eigenvalue weighted by molar-refractivity contribution is 0.178. The third-order valence-electron chi connectivity index (χ3n) is 1.54. The second-order valence-corrected chi connectivity index (χ2v) is 3.76. The van der Waals surface area contributed by atoms with E-state index in [2.05, 4.69) is 20.7 Å². The summed E-state index contributed by atoms with van der Waals surface area (Å²) < 4.78 is 5.22. The molecule has 0 bridgehead atoms. The largest absolute Gasteiger partial charge is 0.452 e. The predicted octanol–water partition coefficient (Wildman–Crippen LogP) is 2.55. The van der Waals surface area contributed by atoms with Gasteiger partial charge < -0.3 is 4.74 Å². The molecule has 0 radical (unpaired) electrons. The summed E-state index contributed by atoms with van der Waals surface area (Å²) in [5.41, 5.74) is 0.382. The highest BCUT2D eigenvalue weighted by molar-refractivity contribution is 9.10. The van der Waals surface area contributed by atoms with Gasteiger partial charge in [-0.2, -0.15) is 0 Å². The van der Waals surface area contributed by atoms with Crippen LogP contribution in [0, 0.1) is 0 Å². The van der Waals surface area contributed by atoms with Gasteiger partial charge in [-0.05, 0) is 18.2 Å². The molecule has 0 unspecified atom stereocenters. The molecule has 0 aliphatic carbocycles. The van der Waals surface area contributed by atoms with Crippen molar-refractivity contribution in [1.29, 1.82) is 0 Å². The van der Waals surface area contributed by atoms with Gasteiger partial charge in [-0.15, -0.1) is 0 Å². The van der Waals surface area contributed by atoms with Crippen molar-refractivity contribution in [3.8, 4) is 0 Å². The Bertz CT molecular complexity index is 359. The smallest absolute Gasteiger partial charge is 0.428 e. The Kier molecular flexibility index (Phi) is 3.74. The minimum absolute atomic E-state index is 0.376. The Morgan fingerprint density at radius 3 is 2.86 bits per heavy atom. The van der Waals surface area contributed by atoms with Crippen LogP contribution in [0.5, 0.6) is 0 Å². The van der Waals surface area contributed by atoms with E-state index in [1.54, 1.807) is 18.2 Å². The van der Waals surface area contributed by atoms with Crippen molar-refractivity contribution in [1.82, 2.24) is 0 Å². The van der Waals surface area contributed by atoms with Crippen molar-refractivity contribution in [2.45, 2.75) is 0 Å². The van der Waals surface area contributed by atoms with E-state index in [4.69, 9.17) is 17.4 Å². The standard InChI is InChI=1S/C8H8BrClN2O2/c1-14-8(13)12(11)7-4-5(9)2-3-6(7)10/h2-4H,11H2,1H3. The molecule has 14 heavy (non-hydrogen) atoms. The molecule has 1 aromatic carbocycles. The van der Waals surface area contributed by atoms with E-state index < -0.39 is 6.09 Å². The maximum atomic E-state index is 11.1. The van der Waals surface area contributed by atoms with Crippen LogP contribution >= 0.6 is 27.5 Å². The topological polar surface area (TPSA) is 55.6 Å². The predicted molar refractivity (Wildman–Crippen MR) is 58.2 cm³/mol. The van der Waals surface area contributed by atoms with Gasteiger partial charge in [-0.1, -0.05) is 27.5 Å². The molecule has 0 fully saturated rings. The monoisotopic (exact) mass is 278 g/mol. The highest BCUT2D eigenvalue weighted by atomic mass is 79.9. The van der Waals surface area contributed by atoms with Gasteiger partial charge in [0, 0.05) is 4.47 Å². The molecule has 1 amide bonds. The van der Waals surface area contributed by atoms with Crippen molar-refractivity contribution in [3.63, 3.8) is 0 Å². The number of nitrogens with zero attached hydrogens (tertiary/aromatic N) is 1. The van der Waals surface area contributed by atoms with Gasteiger partial charge in [-0.25, -0.2) is 15.6 Å². The van der Waals surface area contributed by atoms with E-state index in [0.717, 1.165) is 9.48 Å². The van der Waals surface area contributed by atoms with E-state index in [9.17, 15) is 4.79 Å². The molecule has 1 aromatic rings. The lowest BCUT2D eigenvalue weighted by Crippen LogP contribution is -2.37. The number of hydrogen-bond acceptors (Lipinski definition) is 3. The van der Waals surface area contributed by atoms with E-state index in [-0.39, 0.29) is 0 Å². The second kappa shape index (κ2) is 4.63. The number of hydrazine groups is 1. The molecular weight excluding hydrogens is 271 g/mol. The third kappa shape index (κ3) is 2.37. The number of hydrogen-bond donors (Lipinski definition) is 1. The number of carbonyl (C=O) groups excluding carboxylic acids is 1. The molecular formula is C8H8BrClN2O2. The number of amides is 1. The molecule has 76 valence electrons. The molecule has 0 aliphatic heterocycles. The van der Waals surface area contributed by atoms with Crippen molar-refractivity contribution in [3.05, 3.63) is 27.7 Å². The average molecular weight is 280 g/mol. The fraction of sp³-hybridized carbons (Fsp3) is 0.125. The van der Waals surface area contributed by atoms with Crippen LogP contribution in [0.2, 0.25) is 5.02 Å². The highest BCUT2D eigenvalue weighted by Crippen LogP contribution is 2.27. The molecule has 0 spiro atoms. The summed E-state index contributed by atoms with van der Waals surface area (Å²) >= 11 is 9.08. The molecule has 4 nitrogen and oxygen atoms in total. The fourth-order valence-electron chi connectivity index (χ4n) is 0.867. The van der Waals surface area contributed by atoms with Crippen molar-refractivity contribution >= 4 is 39.3 Å². The van der Waals surface area contributed by atoms with Crippen LogP contribution in [0.15, 0.2) is 22.7 Å². The van der Waals surface area contributed by atoms with Crippen LogP contribution < -0.4 is 10.9 Å². The van der Waals surface area contributed by atoms with Crippen LogP contribution in [-0.4, -0.2) is 13.2 Å². The van der Waals surface area contributed by atoms with Gasteiger partial charge >= 0.3 is 6.09 Å². The Morgan fingerprint density at radius 2 is 2.29 bits per heavy atom. The second-order valence-electron chi connectivity index (χ2n) is 2.44. The molecule has 2 N–H and O–H groups in total. The Morgan fingerprint density at radius 1 is 1.64 bits per heavy atom. The van der Waals surface area contributed by atoms with Crippen molar-refractivity contribution < 1.29 is 9.53 Å². The van der Waals surface area contributed by atoms with Gasteiger partial charge in [0.2, 0.25) is 0 Å². The normalized spacial score (nSPS) is 9.71. The molecule has 0 saturated carbocycles. The number of methoxy groups -OCH3 is 1. The molecule has 0 aromatic heterocycles. The summed E-state index contributed by atoms with van der Waals surface area (Å²) in [6.45, 7) is 0. The van der Waals surface area contributed by atoms with Crippen LogP contribution in [-0.2, 0) is 4.74 Å². The van der Waals surface area contributed by atoms with Crippen LogP contribution in [0.3, 0.4) is 0 Å². The first kappa shape index (κ1) is 11.3. The zero-order chi connectivity index (χ0) is 10.7. The van der Waals surface area contributed by atoms with Gasteiger partial charge in [0.05, 0.1) is 17.8 Å². The zero-order valence-corrected chi connectivity index (χ0v) is 9.67. The number of carbonyl (C=O) groups is 1. The van der Waals surface area contributed by atoms with E-state index in [0.29, 0.717) is 10.7 Å². The minimum atomic E-state index is -0.676. The summed E-state index contributed by atoms with van der Waals surface area (Å²) in [6.07, 6.45) is -0.676. The fourth-order valence-corrected chi connectivity index (χ4v) is 1.42. The van der Waals surface area contributed by atoms with Crippen LogP contribution in [0.1, 0.15) is 0 Å². The summed E-state index contributed by atoms with van der Waals surface area (Å²) in [6, 6.07) is 5.00. The van der Waals surface area contributed by atoms with E-state index in [1.165, 1.54) is 7.11 Å². The Hall–Kier alpha value is -0.780. The molecule has 6 heteroatoms. The number of benzene rings is 1. The number of nitrogens with two attached hydrogens (primary N) is 1. The first-order chi connectivity index (χ1) is 6.56. The zero-order valence-electron chi connectivity index (χ0n) is 7.33. The number of ether oxygens (including phenoxy) is 1. The van der Waals surface area contributed by atoms with Gasteiger partial charge in [0.1, 0.15) is 0 Å². The maximum Gasteiger partial charge on any atom is 0.428 e. The summed E-state index contributed by atoms with van der Waals surface area (Å²) in [7, 11) is 1.24. The SMILES string of the molecule is COC(=O)N(N)c1cc(Br)ccc1Cl. The number of rotatable bonds is 1. The lowest BCUT2D eigenvalue weighted by atomic mass is 10.3. The number of halogens is 2. The lowest BCUT2D eigenvalue weighted by Gasteiger charge is -2.16. The van der Waals surface area contributed by atoms with E-state index >= 15 is 0 Å². The van der Waals surface area contributed by atoms with Crippen molar-refractivity contribution in [2.75, 3.05) is 12.1 Å². The quantitative estimate of drug-likeness (QED) is 0.488. The van der Waals surface area contributed by atoms with Gasteiger partial charge in [0.15, 0.2) is 0 Å². The first-order valence-electron chi connectivity index (χ1n) is 3.64. The van der Waals surface area contributed by atoms with E-state index in [1.807, 2.05) is 0 Å². The van der Waals surface area contributed by atoms with Crippen LogP contribution in [0.4, 0.5) is 10.5 Å².